The van der Waals surface area contributed by atoms with Crippen LogP contribution in [0.15, 0.2) is 36.5 Å². The van der Waals surface area contributed by atoms with Crippen LogP contribution in [0.1, 0.15) is 48.8 Å². The Morgan fingerprint density at radius 1 is 1.15 bits per heavy atom. The van der Waals surface area contributed by atoms with Gasteiger partial charge in [-0.05, 0) is 43.3 Å². The molecule has 0 saturated heterocycles. The molecule has 1 heteroatoms. The summed E-state index contributed by atoms with van der Waals surface area (Å²) in [7, 11) is 1.96. The average molecular weight is 272 g/mol. The fourth-order valence-corrected chi connectivity index (χ4v) is 2.40. The van der Waals surface area contributed by atoms with Crippen molar-refractivity contribution in [3.05, 3.63) is 53.2 Å². The van der Waals surface area contributed by atoms with E-state index in [1.165, 1.54) is 0 Å². The van der Waals surface area contributed by atoms with Crippen molar-refractivity contribution in [3.63, 3.8) is 0 Å². The van der Waals surface area contributed by atoms with E-state index in [1.54, 1.807) is 12.1 Å². The number of hydrogen-bond acceptors (Lipinski definition) is 0. The molecule has 0 saturated carbocycles. The first-order valence-corrected chi connectivity index (χ1v) is 7.06. The van der Waals surface area contributed by atoms with E-state index < -0.39 is 12.7 Å². The van der Waals surface area contributed by atoms with Crippen molar-refractivity contribution in [3.8, 4) is 11.3 Å². The fraction of sp³-hybridized carbons (Fsp3) is 0.421. The van der Waals surface area contributed by atoms with E-state index in [-0.39, 0.29) is 5.92 Å². The molecule has 1 atom stereocenters. The zero-order valence-electron chi connectivity index (χ0n) is 17.0. The lowest BCUT2D eigenvalue weighted by molar-refractivity contribution is -0.660. The lowest BCUT2D eigenvalue weighted by Gasteiger charge is -2.15. The second kappa shape index (κ2) is 5.78. The molecule has 2 aromatic rings. The van der Waals surface area contributed by atoms with Crippen molar-refractivity contribution in [1.82, 2.24) is 0 Å². The summed E-state index contributed by atoms with van der Waals surface area (Å²) in [6, 6.07) is 9.29. The third kappa shape index (κ3) is 2.92. The zero-order valence-corrected chi connectivity index (χ0v) is 13.0. The van der Waals surface area contributed by atoms with Gasteiger partial charge in [-0.3, -0.25) is 0 Å². The third-order valence-electron chi connectivity index (χ3n) is 3.96. The number of aryl methyl sites for hydroxylation is 3. The number of benzene rings is 1. The molecule has 1 nitrogen and oxygen atoms in total. The summed E-state index contributed by atoms with van der Waals surface area (Å²) in [6.07, 6.45) is 2.00. The number of hydrogen-bond donors (Lipinski definition) is 0. The lowest BCUT2D eigenvalue weighted by atomic mass is 9.91. The normalized spacial score (nSPS) is 17.9. The van der Waals surface area contributed by atoms with Crippen LogP contribution in [0, 0.1) is 19.7 Å². The predicted octanol–water partition coefficient (Wildman–Crippen LogP) is 4.55. The molecule has 106 valence electrons. The minimum absolute atomic E-state index is 0.212. The number of nitrogens with zero attached hydrogens (tertiary/aromatic N) is 1. The van der Waals surface area contributed by atoms with Crippen LogP contribution in [0.4, 0.5) is 0 Å². The van der Waals surface area contributed by atoms with Crippen LogP contribution in [0.25, 0.3) is 11.3 Å². The standard InChI is InChI=1S/C19H26N/c1-13(2)16(5)17-8-10-19(20(6)12-17)18-9-7-14(3)11-15(18)4/h7-13,16H,1-6H3/q+1/i3D3,16D. The summed E-state index contributed by atoms with van der Waals surface area (Å²) < 4.78 is 33.2. The van der Waals surface area contributed by atoms with Crippen LogP contribution in [-0.4, -0.2) is 0 Å². The Labute approximate surface area is 128 Å². The quantitative estimate of drug-likeness (QED) is 0.721. The average Bonchev–Trinajstić information content (AvgIpc) is 2.46. The summed E-state index contributed by atoms with van der Waals surface area (Å²) in [5.74, 6) is -0.431. The van der Waals surface area contributed by atoms with Crippen molar-refractivity contribution in [2.24, 2.45) is 13.0 Å². The molecule has 1 aromatic heterocycles. The second-order valence-electron chi connectivity index (χ2n) is 5.78. The van der Waals surface area contributed by atoms with Gasteiger partial charge in [-0.25, -0.2) is 4.57 Å². The van der Waals surface area contributed by atoms with E-state index in [1.807, 2.05) is 49.9 Å². The Balaban J connectivity index is 2.48. The van der Waals surface area contributed by atoms with Gasteiger partial charge in [0.1, 0.15) is 7.05 Å². The summed E-state index contributed by atoms with van der Waals surface area (Å²) >= 11 is 0. The molecule has 0 bridgehead atoms. The zero-order chi connectivity index (χ0) is 18.3. The van der Waals surface area contributed by atoms with E-state index in [4.69, 9.17) is 5.48 Å². The van der Waals surface area contributed by atoms with Gasteiger partial charge in [0.2, 0.25) is 5.69 Å². The minimum atomic E-state index is -2.08. The van der Waals surface area contributed by atoms with Crippen LogP contribution < -0.4 is 4.57 Å². The maximum atomic E-state index is 8.56. The van der Waals surface area contributed by atoms with Crippen molar-refractivity contribution < 1.29 is 10.1 Å². The van der Waals surface area contributed by atoms with Crippen LogP contribution in [0.3, 0.4) is 0 Å². The molecule has 0 aliphatic carbocycles. The largest absolute Gasteiger partial charge is 0.212 e. The lowest BCUT2D eigenvalue weighted by Crippen LogP contribution is -2.32. The topological polar surface area (TPSA) is 3.88 Å². The van der Waals surface area contributed by atoms with Crippen LogP contribution in [-0.2, 0) is 7.05 Å². The Morgan fingerprint density at radius 2 is 1.90 bits per heavy atom. The molecule has 0 amide bonds. The molecule has 1 heterocycles. The maximum absolute atomic E-state index is 8.56. The Morgan fingerprint density at radius 3 is 2.45 bits per heavy atom. The predicted molar refractivity (Wildman–Crippen MR) is 85.8 cm³/mol. The van der Waals surface area contributed by atoms with Gasteiger partial charge in [0.25, 0.3) is 0 Å². The van der Waals surface area contributed by atoms with Gasteiger partial charge in [-0.1, -0.05) is 38.5 Å². The monoisotopic (exact) mass is 272 g/mol. The first kappa shape index (κ1) is 10.1. The van der Waals surface area contributed by atoms with E-state index in [0.717, 1.165) is 22.4 Å². The highest BCUT2D eigenvalue weighted by atomic mass is 14.9. The van der Waals surface area contributed by atoms with Crippen molar-refractivity contribution in [1.29, 1.82) is 0 Å². The van der Waals surface area contributed by atoms with Crippen molar-refractivity contribution in [2.45, 2.75) is 40.4 Å². The summed E-state index contributed by atoms with van der Waals surface area (Å²) in [5.41, 5.74) is 4.28. The number of rotatable bonds is 3. The third-order valence-corrected chi connectivity index (χ3v) is 3.96. The maximum Gasteiger partial charge on any atom is 0.212 e. The smallest absolute Gasteiger partial charge is 0.201 e. The van der Waals surface area contributed by atoms with Crippen LogP contribution in [0.5, 0.6) is 0 Å². The molecule has 0 N–H and O–H groups in total. The molecule has 0 aliphatic rings. The van der Waals surface area contributed by atoms with E-state index in [0.29, 0.717) is 5.56 Å². The molecule has 20 heavy (non-hydrogen) atoms. The Kier molecular flexibility index (Phi) is 2.93. The fourth-order valence-electron chi connectivity index (χ4n) is 2.40. The van der Waals surface area contributed by atoms with Crippen LogP contribution >= 0.6 is 0 Å². The molecule has 0 aliphatic heterocycles. The molecule has 0 radical (unpaired) electrons. The second-order valence-corrected chi connectivity index (χ2v) is 5.78. The van der Waals surface area contributed by atoms with Gasteiger partial charge < -0.3 is 0 Å². The van der Waals surface area contributed by atoms with Crippen LogP contribution in [0.2, 0.25) is 0 Å². The molecule has 1 aromatic carbocycles. The number of pyridine rings is 1. The molecule has 2 rings (SSSR count). The Hall–Kier alpha value is -1.63. The molecule has 0 fully saturated rings. The van der Waals surface area contributed by atoms with E-state index in [2.05, 4.69) is 13.8 Å². The van der Waals surface area contributed by atoms with Gasteiger partial charge in [0, 0.05) is 22.7 Å². The highest BCUT2D eigenvalue weighted by Gasteiger charge is 2.17. The van der Waals surface area contributed by atoms with Gasteiger partial charge in [-0.2, -0.15) is 0 Å². The minimum Gasteiger partial charge on any atom is -0.201 e. The molecular formula is C19H26N+. The van der Waals surface area contributed by atoms with Gasteiger partial charge in [0.05, 0.1) is 0 Å². The Bertz CT molecular complexity index is 746. The summed E-state index contributed by atoms with van der Waals surface area (Å²) in [5, 5.41) is 0. The van der Waals surface area contributed by atoms with Crippen molar-refractivity contribution in [2.75, 3.05) is 0 Å². The van der Waals surface area contributed by atoms with Gasteiger partial charge >= 0.3 is 0 Å². The highest BCUT2D eigenvalue weighted by molar-refractivity contribution is 5.61. The molecule has 0 spiro atoms. The SMILES string of the molecule is [2H]C([2H])([2H])c1ccc(-c2ccc(C([2H])(C)C(C)C)c[n+]2C)c(C)c1. The summed E-state index contributed by atoms with van der Waals surface area (Å²) in [4.78, 5) is 0. The summed E-state index contributed by atoms with van der Waals surface area (Å²) in [6.45, 7) is 5.89. The first-order valence-electron chi connectivity index (χ1n) is 9.06. The first-order chi connectivity index (χ1) is 10.9. The van der Waals surface area contributed by atoms with Gasteiger partial charge in [-0.15, -0.1) is 0 Å². The van der Waals surface area contributed by atoms with Gasteiger partial charge in [0.15, 0.2) is 6.20 Å². The van der Waals surface area contributed by atoms with E-state index >= 15 is 0 Å². The molecular weight excluding hydrogens is 242 g/mol. The van der Waals surface area contributed by atoms with Crippen molar-refractivity contribution >= 4 is 0 Å². The number of aromatic nitrogens is 1. The highest BCUT2D eigenvalue weighted by Crippen LogP contribution is 2.25. The van der Waals surface area contributed by atoms with E-state index in [9.17, 15) is 0 Å². The molecule has 1 unspecified atom stereocenters.